The first-order valence-corrected chi connectivity index (χ1v) is 5.36. The van der Waals surface area contributed by atoms with Crippen LogP contribution >= 0.6 is 15.9 Å². The number of benzene rings is 1. The summed E-state index contributed by atoms with van der Waals surface area (Å²) in [7, 11) is 0. The molecular formula is C10H10BrNO4. The van der Waals surface area contributed by atoms with Crippen LogP contribution in [-0.2, 0) is 11.2 Å². The van der Waals surface area contributed by atoms with E-state index in [-0.39, 0.29) is 12.1 Å². The Morgan fingerprint density at radius 1 is 1.62 bits per heavy atom. The summed E-state index contributed by atoms with van der Waals surface area (Å²) in [5.41, 5.74) is 0.597. The molecule has 1 aromatic carbocycles. The van der Waals surface area contributed by atoms with E-state index in [1.807, 2.05) is 0 Å². The highest BCUT2D eigenvalue weighted by Crippen LogP contribution is 2.26. The van der Waals surface area contributed by atoms with Crippen molar-refractivity contribution in [2.45, 2.75) is 13.3 Å². The molecule has 0 heterocycles. The van der Waals surface area contributed by atoms with E-state index in [4.69, 9.17) is 5.11 Å². The minimum absolute atomic E-state index is 0.0462. The molecule has 86 valence electrons. The monoisotopic (exact) mass is 287 g/mol. The number of hydrogen-bond donors (Lipinski definition) is 1. The van der Waals surface area contributed by atoms with Crippen LogP contribution in [0.25, 0.3) is 0 Å². The average Bonchev–Trinajstić information content (AvgIpc) is 2.20. The van der Waals surface area contributed by atoms with Gasteiger partial charge in [0, 0.05) is 6.07 Å². The van der Waals surface area contributed by atoms with Crippen molar-refractivity contribution in [2.75, 3.05) is 0 Å². The van der Waals surface area contributed by atoms with Gasteiger partial charge in [0.25, 0.3) is 5.69 Å². The zero-order valence-corrected chi connectivity index (χ0v) is 10.1. The Morgan fingerprint density at radius 2 is 2.25 bits per heavy atom. The Kier molecular flexibility index (Phi) is 4.00. The Balaban J connectivity index is 2.95. The van der Waals surface area contributed by atoms with Crippen molar-refractivity contribution < 1.29 is 14.8 Å². The third kappa shape index (κ3) is 3.03. The minimum atomic E-state index is -0.912. The molecule has 0 saturated carbocycles. The molecule has 0 bridgehead atoms. The van der Waals surface area contributed by atoms with E-state index in [0.29, 0.717) is 10.0 Å². The minimum Gasteiger partial charge on any atom is -0.481 e. The topological polar surface area (TPSA) is 80.4 Å². The second kappa shape index (κ2) is 5.07. The molecule has 6 heteroatoms. The molecular weight excluding hydrogens is 278 g/mol. The number of nitro benzene ring substituents is 1. The maximum absolute atomic E-state index is 10.7. The molecule has 16 heavy (non-hydrogen) atoms. The Bertz CT molecular complexity index is 433. The van der Waals surface area contributed by atoms with Gasteiger partial charge in [-0.05, 0) is 34.0 Å². The van der Waals surface area contributed by atoms with E-state index in [0.717, 1.165) is 0 Å². The predicted octanol–water partition coefficient (Wildman–Crippen LogP) is 2.62. The molecule has 0 amide bonds. The standard InChI is InChI=1S/C10H10BrNO4/c1-6(10(13)14)4-7-2-3-8(11)9(5-7)12(15)16/h2-3,5-6H,4H2,1H3,(H,13,14). The van der Waals surface area contributed by atoms with Crippen molar-refractivity contribution in [3.05, 3.63) is 38.3 Å². The lowest BCUT2D eigenvalue weighted by molar-refractivity contribution is -0.385. The van der Waals surface area contributed by atoms with Gasteiger partial charge in [-0.1, -0.05) is 13.0 Å². The van der Waals surface area contributed by atoms with Gasteiger partial charge in [-0.2, -0.15) is 0 Å². The van der Waals surface area contributed by atoms with E-state index in [1.54, 1.807) is 19.1 Å². The lowest BCUT2D eigenvalue weighted by Gasteiger charge is -2.06. The molecule has 0 fully saturated rings. The summed E-state index contributed by atoms with van der Waals surface area (Å²) in [6, 6.07) is 4.63. The number of aliphatic carboxylic acids is 1. The number of carboxylic acid groups (broad SMARTS) is 1. The van der Waals surface area contributed by atoms with Gasteiger partial charge < -0.3 is 5.11 Å². The van der Waals surface area contributed by atoms with Gasteiger partial charge in [0.1, 0.15) is 0 Å². The van der Waals surface area contributed by atoms with Crippen LogP contribution in [0.4, 0.5) is 5.69 Å². The fraction of sp³-hybridized carbons (Fsp3) is 0.300. The number of nitrogens with zero attached hydrogens (tertiary/aromatic N) is 1. The van der Waals surface area contributed by atoms with Gasteiger partial charge in [-0.3, -0.25) is 14.9 Å². The molecule has 0 aliphatic rings. The summed E-state index contributed by atoms with van der Waals surface area (Å²) < 4.78 is 0.393. The highest BCUT2D eigenvalue weighted by atomic mass is 79.9. The number of hydrogen-bond acceptors (Lipinski definition) is 3. The molecule has 5 nitrogen and oxygen atoms in total. The van der Waals surface area contributed by atoms with Gasteiger partial charge >= 0.3 is 5.97 Å². The lowest BCUT2D eigenvalue weighted by Crippen LogP contribution is -2.12. The zero-order valence-electron chi connectivity index (χ0n) is 8.51. The molecule has 0 radical (unpaired) electrons. The summed E-state index contributed by atoms with van der Waals surface area (Å²) in [5, 5.41) is 19.4. The molecule has 1 aromatic rings. The van der Waals surface area contributed by atoms with E-state index in [1.165, 1.54) is 6.07 Å². The van der Waals surface area contributed by atoms with E-state index in [9.17, 15) is 14.9 Å². The maximum atomic E-state index is 10.7. The molecule has 0 spiro atoms. The number of halogens is 1. The van der Waals surface area contributed by atoms with Gasteiger partial charge in [0.15, 0.2) is 0 Å². The fourth-order valence-corrected chi connectivity index (χ4v) is 1.66. The summed E-state index contributed by atoms with van der Waals surface area (Å²) >= 11 is 3.07. The van der Waals surface area contributed by atoms with E-state index < -0.39 is 16.8 Å². The first-order chi connectivity index (χ1) is 7.41. The molecule has 1 N–H and O–H groups in total. The van der Waals surface area contributed by atoms with Gasteiger partial charge in [0.2, 0.25) is 0 Å². The molecule has 1 atom stereocenters. The second-order valence-electron chi connectivity index (χ2n) is 3.49. The van der Waals surface area contributed by atoms with Gasteiger partial charge in [-0.25, -0.2) is 0 Å². The highest BCUT2D eigenvalue weighted by Gasteiger charge is 2.16. The van der Waals surface area contributed by atoms with E-state index >= 15 is 0 Å². The van der Waals surface area contributed by atoms with Crippen molar-refractivity contribution in [3.8, 4) is 0 Å². The summed E-state index contributed by atoms with van der Waals surface area (Å²) in [6.07, 6.45) is 0.281. The summed E-state index contributed by atoms with van der Waals surface area (Å²) in [4.78, 5) is 20.8. The molecule has 0 saturated heterocycles. The van der Waals surface area contributed by atoms with Gasteiger partial charge in [-0.15, -0.1) is 0 Å². The first kappa shape index (κ1) is 12.6. The van der Waals surface area contributed by atoms with Crippen molar-refractivity contribution in [3.63, 3.8) is 0 Å². The molecule has 1 rings (SSSR count). The number of carboxylic acids is 1. The second-order valence-corrected chi connectivity index (χ2v) is 4.34. The third-order valence-corrected chi connectivity index (χ3v) is 2.84. The van der Waals surface area contributed by atoms with Crippen LogP contribution in [0.2, 0.25) is 0 Å². The number of rotatable bonds is 4. The quantitative estimate of drug-likeness (QED) is 0.682. The number of nitro groups is 1. The Labute approximate surface area is 100 Å². The van der Waals surface area contributed by atoms with Crippen LogP contribution in [0.15, 0.2) is 22.7 Å². The average molecular weight is 288 g/mol. The largest absolute Gasteiger partial charge is 0.481 e. The summed E-state index contributed by atoms with van der Waals surface area (Å²) in [5.74, 6) is -1.47. The SMILES string of the molecule is CC(Cc1ccc(Br)c([N+](=O)[O-])c1)C(=O)O. The molecule has 0 aliphatic carbocycles. The highest BCUT2D eigenvalue weighted by molar-refractivity contribution is 9.10. The van der Waals surface area contributed by atoms with Crippen LogP contribution in [0.1, 0.15) is 12.5 Å². The first-order valence-electron chi connectivity index (χ1n) is 4.57. The van der Waals surface area contributed by atoms with Crippen molar-refractivity contribution in [2.24, 2.45) is 5.92 Å². The molecule has 0 aromatic heterocycles. The maximum Gasteiger partial charge on any atom is 0.306 e. The van der Waals surface area contributed by atoms with Crippen LogP contribution in [0, 0.1) is 16.0 Å². The fourth-order valence-electron chi connectivity index (χ4n) is 1.27. The number of carbonyl (C=O) groups is 1. The van der Waals surface area contributed by atoms with Gasteiger partial charge in [0.05, 0.1) is 15.3 Å². The van der Waals surface area contributed by atoms with Crippen LogP contribution in [-0.4, -0.2) is 16.0 Å². The molecule has 1 unspecified atom stereocenters. The Morgan fingerprint density at radius 3 is 2.75 bits per heavy atom. The van der Waals surface area contributed by atoms with Crippen molar-refractivity contribution >= 4 is 27.6 Å². The third-order valence-electron chi connectivity index (χ3n) is 2.17. The predicted molar refractivity (Wildman–Crippen MR) is 61.3 cm³/mol. The van der Waals surface area contributed by atoms with E-state index in [2.05, 4.69) is 15.9 Å². The normalized spacial score (nSPS) is 12.1. The van der Waals surface area contributed by atoms with Crippen LogP contribution in [0.5, 0.6) is 0 Å². The van der Waals surface area contributed by atoms with Crippen LogP contribution in [0.3, 0.4) is 0 Å². The Hall–Kier alpha value is -1.43. The summed E-state index contributed by atoms with van der Waals surface area (Å²) in [6.45, 7) is 1.57. The van der Waals surface area contributed by atoms with Crippen molar-refractivity contribution in [1.82, 2.24) is 0 Å². The van der Waals surface area contributed by atoms with Crippen molar-refractivity contribution in [1.29, 1.82) is 0 Å². The lowest BCUT2D eigenvalue weighted by atomic mass is 10.0. The van der Waals surface area contributed by atoms with Crippen LogP contribution < -0.4 is 0 Å². The smallest absolute Gasteiger partial charge is 0.306 e. The molecule has 0 aliphatic heterocycles. The zero-order chi connectivity index (χ0) is 12.3.